The standard InChI is InChI=1S/C14H19BrN2O3/c1-2-14-11(5-6-20-14)9-16-8-10-3-4-12(15)13(7-10)17(18)19/h3-4,7,11,14,16H,2,5-6,8-9H2,1H3. The van der Waals surface area contributed by atoms with E-state index in [4.69, 9.17) is 4.74 Å². The summed E-state index contributed by atoms with van der Waals surface area (Å²) in [4.78, 5) is 10.5. The molecule has 1 aliphatic heterocycles. The van der Waals surface area contributed by atoms with Crippen molar-refractivity contribution in [3.05, 3.63) is 38.3 Å². The summed E-state index contributed by atoms with van der Waals surface area (Å²) in [5, 5.41) is 14.3. The quantitative estimate of drug-likeness (QED) is 0.636. The second kappa shape index (κ2) is 7.15. The first-order chi connectivity index (χ1) is 9.61. The fourth-order valence-electron chi connectivity index (χ4n) is 2.59. The van der Waals surface area contributed by atoms with Crippen molar-refractivity contribution in [2.75, 3.05) is 13.2 Å². The second-order valence-corrected chi connectivity index (χ2v) is 5.89. The lowest BCUT2D eigenvalue weighted by Gasteiger charge is -2.17. The average molecular weight is 343 g/mol. The normalized spacial score (nSPS) is 22.1. The molecule has 1 aromatic rings. The zero-order valence-corrected chi connectivity index (χ0v) is 13.1. The van der Waals surface area contributed by atoms with E-state index >= 15 is 0 Å². The van der Waals surface area contributed by atoms with Gasteiger partial charge in [0.2, 0.25) is 0 Å². The van der Waals surface area contributed by atoms with Crippen LogP contribution in [0.2, 0.25) is 0 Å². The van der Waals surface area contributed by atoms with Crippen LogP contribution in [0.15, 0.2) is 22.7 Å². The maximum atomic E-state index is 10.9. The molecule has 5 nitrogen and oxygen atoms in total. The van der Waals surface area contributed by atoms with Gasteiger partial charge in [0.1, 0.15) is 0 Å². The number of halogens is 1. The first-order valence-corrected chi connectivity index (χ1v) is 7.66. The highest BCUT2D eigenvalue weighted by atomic mass is 79.9. The Balaban J connectivity index is 1.88. The molecular weight excluding hydrogens is 324 g/mol. The summed E-state index contributed by atoms with van der Waals surface area (Å²) in [5.41, 5.74) is 1.03. The lowest BCUT2D eigenvalue weighted by Crippen LogP contribution is -2.27. The smallest absolute Gasteiger partial charge is 0.283 e. The predicted molar refractivity (Wildman–Crippen MR) is 80.6 cm³/mol. The third-order valence-corrected chi connectivity index (χ3v) is 4.36. The molecule has 1 heterocycles. The van der Waals surface area contributed by atoms with Crippen LogP contribution < -0.4 is 5.32 Å². The van der Waals surface area contributed by atoms with Crippen LogP contribution in [0.3, 0.4) is 0 Å². The van der Waals surface area contributed by atoms with Crippen molar-refractivity contribution in [3.8, 4) is 0 Å². The molecule has 0 aliphatic carbocycles. The largest absolute Gasteiger partial charge is 0.378 e. The molecule has 0 radical (unpaired) electrons. The molecule has 0 bridgehead atoms. The lowest BCUT2D eigenvalue weighted by atomic mass is 9.99. The minimum atomic E-state index is -0.370. The number of nitro benzene ring substituents is 1. The van der Waals surface area contributed by atoms with Crippen LogP contribution in [-0.2, 0) is 11.3 Å². The molecule has 6 heteroatoms. The fourth-order valence-corrected chi connectivity index (χ4v) is 2.98. The number of benzene rings is 1. The molecule has 1 fully saturated rings. The first kappa shape index (κ1) is 15.4. The monoisotopic (exact) mass is 342 g/mol. The van der Waals surface area contributed by atoms with Crippen molar-refractivity contribution in [3.63, 3.8) is 0 Å². The topological polar surface area (TPSA) is 64.4 Å². The summed E-state index contributed by atoms with van der Waals surface area (Å²) in [6.07, 6.45) is 2.48. The number of hydrogen-bond donors (Lipinski definition) is 1. The van der Waals surface area contributed by atoms with Crippen molar-refractivity contribution in [1.82, 2.24) is 5.32 Å². The SMILES string of the molecule is CCC1OCCC1CNCc1ccc(Br)c([N+](=O)[O-])c1. The molecular formula is C14H19BrN2O3. The number of ether oxygens (including phenoxy) is 1. The zero-order chi connectivity index (χ0) is 14.5. The number of hydrogen-bond acceptors (Lipinski definition) is 4. The Morgan fingerprint density at radius 1 is 1.55 bits per heavy atom. The molecule has 20 heavy (non-hydrogen) atoms. The fraction of sp³-hybridized carbons (Fsp3) is 0.571. The molecule has 1 aliphatic rings. The van der Waals surface area contributed by atoms with E-state index in [1.165, 1.54) is 0 Å². The van der Waals surface area contributed by atoms with Gasteiger partial charge in [-0.3, -0.25) is 10.1 Å². The average Bonchev–Trinajstić information content (AvgIpc) is 2.88. The van der Waals surface area contributed by atoms with E-state index < -0.39 is 0 Å². The van der Waals surface area contributed by atoms with Crippen molar-refractivity contribution < 1.29 is 9.66 Å². The van der Waals surface area contributed by atoms with Gasteiger partial charge in [0.15, 0.2) is 0 Å². The predicted octanol–water partition coefficient (Wildman–Crippen LogP) is 3.26. The van der Waals surface area contributed by atoms with Gasteiger partial charge in [-0.2, -0.15) is 0 Å². The Morgan fingerprint density at radius 2 is 2.35 bits per heavy atom. The van der Waals surface area contributed by atoms with Gasteiger partial charge in [0.25, 0.3) is 5.69 Å². The Bertz CT molecular complexity index is 481. The molecule has 1 N–H and O–H groups in total. The van der Waals surface area contributed by atoms with E-state index in [2.05, 4.69) is 28.2 Å². The van der Waals surface area contributed by atoms with Crippen LogP contribution in [0.25, 0.3) is 0 Å². The van der Waals surface area contributed by atoms with Crippen LogP contribution in [-0.4, -0.2) is 24.2 Å². The number of nitrogens with one attached hydrogen (secondary N) is 1. The summed E-state index contributed by atoms with van der Waals surface area (Å²) in [6, 6.07) is 5.23. The van der Waals surface area contributed by atoms with Crippen molar-refractivity contribution in [2.24, 2.45) is 5.92 Å². The Morgan fingerprint density at radius 3 is 3.05 bits per heavy atom. The van der Waals surface area contributed by atoms with Gasteiger partial charge in [0, 0.05) is 25.8 Å². The summed E-state index contributed by atoms with van der Waals surface area (Å²) < 4.78 is 6.16. The van der Waals surface area contributed by atoms with E-state index in [0.717, 1.165) is 31.6 Å². The minimum absolute atomic E-state index is 0.111. The van der Waals surface area contributed by atoms with Gasteiger partial charge in [-0.15, -0.1) is 0 Å². The molecule has 1 aromatic carbocycles. The van der Waals surface area contributed by atoms with E-state index in [0.29, 0.717) is 23.0 Å². The van der Waals surface area contributed by atoms with E-state index in [1.807, 2.05) is 6.07 Å². The van der Waals surface area contributed by atoms with Crippen molar-refractivity contribution >= 4 is 21.6 Å². The molecule has 0 amide bonds. The summed E-state index contributed by atoms with van der Waals surface area (Å²) in [6.45, 7) is 4.51. The molecule has 2 unspecified atom stereocenters. The van der Waals surface area contributed by atoms with Crippen LogP contribution in [0.1, 0.15) is 25.3 Å². The zero-order valence-electron chi connectivity index (χ0n) is 11.5. The highest BCUT2D eigenvalue weighted by Gasteiger charge is 2.26. The highest BCUT2D eigenvalue weighted by Crippen LogP contribution is 2.26. The van der Waals surface area contributed by atoms with E-state index in [9.17, 15) is 10.1 Å². The van der Waals surface area contributed by atoms with Gasteiger partial charge >= 0.3 is 0 Å². The third-order valence-electron chi connectivity index (χ3n) is 3.69. The summed E-state index contributed by atoms with van der Waals surface area (Å²) in [7, 11) is 0. The van der Waals surface area contributed by atoms with E-state index in [1.54, 1.807) is 12.1 Å². The maximum absolute atomic E-state index is 10.9. The van der Waals surface area contributed by atoms with Crippen LogP contribution in [0.4, 0.5) is 5.69 Å². The highest BCUT2D eigenvalue weighted by molar-refractivity contribution is 9.10. The van der Waals surface area contributed by atoms with E-state index in [-0.39, 0.29) is 10.6 Å². The molecule has 1 saturated heterocycles. The lowest BCUT2D eigenvalue weighted by molar-refractivity contribution is -0.385. The van der Waals surface area contributed by atoms with Crippen molar-refractivity contribution in [1.29, 1.82) is 0 Å². The molecule has 0 aromatic heterocycles. The molecule has 0 saturated carbocycles. The number of nitro groups is 1. The van der Waals surface area contributed by atoms with Crippen LogP contribution in [0, 0.1) is 16.0 Å². The Labute approximate surface area is 127 Å². The second-order valence-electron chi connectivity index (χ2n) is 5.04. The van der Waals surface area contributed by atoms with Gasteiger partial charge in [-0.1, -0.05) is 13.0 Å². The number of nitrogens with zero attached hydrogens (tertiary/aromatic N) is 1. The summed E-state index contributed by atoms with van der Waals surface area (Å²) in [5.74, 6) is 0.547. The van der Waals surface area contributed by atoms with Gasteiger partial charge in [-0.25, -0.2) is 0 Å². The van der Waals surface area contributed by atoms with Crippen LogP contribution >= 0.6 is 15.9 Å². The molecule has 0 spiro atoms. The van der Waals surface area contributed by atoms with Gasteiger partial charge in [0.05, 0.1) is 15.5 Å². The van der Waals surface area contributed by atoms with Crippen molar-refractivity contribution in [2.45, 2.75) is 32.4 Å². The Hall–Kier alpha value is -0.980. The number of rotatable bonds is 6. The third kappa shape index (κ3) is 3.77. The molecule has 2 atom stereocenters. The first-order valence-electron chi connectivity index (χ1n) is 6.87. The van der Waals surface area contributed by atoms with Gasteiger partial charge < -0.3 is 10.1 Å². The minimum Gasteiger partial charge on any atom is -0.378 e. The summed E-state index contributed by atoms with van der Waals surface area (Å²) >= 11 is 3.19. The maximum Gasteiger partial charge on any atom is 0.283 e. The Kier molecular flexibility index (Phi) is 5.51. The van der Waals surface area contributed by atoms with Crippen LogP contribution in [0.5, 0.6) is 0 Å². The molecule has 2 rings (SSSR count). The molecule has 110 valence electrons. The van der Waals surface area contributed by atoms with Gasteiger partial charge in [-0.05, 0) is 46.3 Å².